The van der Waals surface area contributed by atoms with Crippen molar-refractivity contribution in [2.24, 2.45) is 7.05 Å². The molecule has 6 nitrogen and oxygen atoms in total. The lowest BCUT2D eigenvalue weighted by molar-refractivity contribution is 0.0772. The monoisotopic (exact) mass is 365 g/mol. The first kappa shape index (κ1) is 16.6. The van der Waals surface area contributed by atoms with E-state index in [0.717, 1.165) is 39.0 Å². The number of nitrogens with zero attached hydrogens (tertiary/aromatic N) is 3. The second kappa shape index (κ2) is 6.53. The molecule has 1 amide bonds. The summed E-state index contributed by atoms with van der Waals surface area (Å²) >= 11 is 0. The van der Waals surface area contributed by atoms with Crippen LogP contribution < -0.4 is 0 Å². The van der Waals surface area contributed by atoms with Crippen molar-refractivity contribution < 1.29 is 14.1 Å². The van der Waals surface area contributed by atoms with Gasteiger partial charge < -0.3 is 18.7 Å². The highest BCUT2D eigenvalue weighted by Crippen LogP contribution is 2.35. The topological polar surface area (TPSA) is 60.5 Å². The van der Waals surface area contributed by atoms with E-state index in [1.165, 1.54) is 22.7 Å². The number of hydrogen-bond donors (Lipinski definition) is 0. The van der Waals surface area contributed by atoms with Gasteiger partial charge in [-0.15, -0.1) is 0 Å². The van der Waals surface area contributed by atoms with Crippen LogP contribution in [-0.4, -0.2) is 40.2 Å². The molecule has 2 aliphatic rings. The Balaban J connectivity index is 1.38. The molecule has 1 aromatic carbocycles. The van der Waals surface area contributed by atoms with Gasteiger partial charge in [0, 0.05) is 49.8 Å². The van der Waals surface area contributed by atoms with Gasteiger partial charge in [-0.3, -0.25) is 4.79 Å². The van der Waals surface area contributed by atoms with Gasteiger partial charge >= 0.3 is 0 Å². The number of likely N-dealkylation sites (tertiary alicyclic amines) is 1. The second-order valence-corrected chi connectivity index (χ2v) is 7.56. The average Bonchev–Trinajstić information content (AvgIpc) is 3.46. The lowest BCUT2D eigenvalue weighted by Gasteiger charge is -2.17. The molecule has 2 unspecified atom stereocenters. The summed E-state index contributed by atoms with van der Waals surface area (Å²) in [5.74, 6) is 0.357. The Morgan fingerprint density at radius 3 is 3.00 bits per heavy atom. The molecule has 2 saturated heterocycles. The van der Waals surface area contributed by atoms with E-state index in [-0.39, 0.29) is 12.0 Å². The van der Waals surface area contributed by atoms with Crippen LogP contribution in [0, 0.1) is 0 Å². The summed E-state index contributed by atoms with van der Waals surface area (Å²) in [6.07, 6.45) is 6.44. The summed E-state index contributed by atoms with van der Waals surface area (Å²) in [5.41, 5.74) is 3.77. The third-order valence-corrected chi connectivity index (χ3v) is 5.91. The average molecular weight is 365 g/mol. The van der Waals surface area contributed by atoms with Crippen molar-refractivity contribution in [2.45, 2.75) is 31.3 Å². The first-order valence-corrected chi connectivity index (χ1v) is 9.61. The highest BCUT2D eigenvalue weighted by molar-refractivity contribution is 5.95. The van der Waals surface area contributed by atoms with Crippen molar-refractivity contribution in [3.8, 4) is 0 Å². The number of carbonyl (C=O) groups excluding carboxylic acids is 1. The third kappa shape index (κ3) is 2.75. The maximum atomic E-state index is 13.1. The molecule has 2 aliphatic heterocycles. The Kier molecular flexibility index (Phi) is 4.01. The van der Waals surface area contributed by atoms with E-state index in [1.807, 2.05) is 4.90 Å². The normalized spacial score (nSPS) is 22.8. The molecule has 2 atom stereocenters. The number of ether oxygens (including phenoxy) is 1. The van der Waals surface area contributed by atoms with E-state index in [2.05, 4.69) is 47.2 Å². The van der Waals surface area contributed by atoms with Gasteiger partial charge in [-0.1, -0.05) is 23.4 Å². The minimum Gasteiger partial charge on any atom is -0.372 e. The van der Waals surface area contributed by atoms with Crippen LogP contribution >= 0.6 is 0 Å². The zero-order valence-corrected chi connectivity index (χ0v) is 15.4. The Labute approximate surface area is 157 Å². The second-order valence-electron chi connectivity index (χ2n) is 7.56. The predicted octanol–water partition coefficient (Wildman–Crippen LogP) is 3.65. The first-order chi connectivity index (χ1) is 13.2. The molecular formula is C21H23N3O3. The zero-order valence-electron chi connectivity index (χ0n) is 15.4. The standard InChI is InChI=1S/C21H23N3O3/c1-23-12-16(15-5-2-3-6-18(15)23)14-8-9-24(11-14)21(25)17-13-27-22-20(17)19-7-4-10-26-19/h2-3,5-6,12-14,19H,4,7-11H2,1H3. The van der Waals surface area contributed by atoms with Crippen LogP contribution in [-0.2, 0) is 11.8 Å². The molecule has 0 N–H and O–H groups in total. The van der Waals surface area contributed by atoms with E-state index in [1.54, 1.807) is 0 Å². The lowest BCUT2D eigenvalue weighted by atomic mass is 9.98. The summed E-state index contributed by atoms with van der Waals surface area (Å²) in [6, 6.07) is 8.45. The number of rotatable bonds is 3. The fourth-order valence-electron chi connectivity index (χ4n) is 4.50. The molecule has 0 aliphatic carbocycles. The maximum absolute atomic E-state index is 13.1. The minimum atomic E-state index is -0.112. The molecule has 2 fully saturated rings. The van der Waals surface area contributed by atoms with Crippen molar-refractivity contribution in [1.82, 2.24) is 14.6 Å². The van der Waals surface area contributed by atoms with E-state index < -0.39 is 0 Å². The van der Waals surface area contributed by atoms with Gasteiger partial charge in [0.05, 0.1) is 0 Å². The van der Waals surface area contributed by atoms with E-state index in [4.69, 9.17) is 9.26 Å². The van der Waals surface area contributed by atoms with E-state index >= 15 is 0 Å². The van der Waals surface area contributed by atoms with Crippen molar-refractivity contribution in [2.75, 3.05) is 19.7 Å². The molecule has 0 saturated carbocycles. The van der Waals surface area contributed by atoms with Gasteiger partial charge in [-0.25, -0.2) is 0 Å². The fraction of sp³-hybridized carbons (Fsp3) is 0.429. The summed E-state index contributed by atoms with van der Waals surface area (Å²) in [5, 5.41) is 5.34. The maximum Gasteiger partial charge on any atom is 0.259 e. The summed E-state index contributed by atoms with van der Waals surface area (Å²) in [7, 11) is 2.08. The molecule has 3 aromatic rings. The summed E-state index contributed by atoms with van der Waals surface area (Å²) in [4.78, 5) is 15.0. The van der Waals surface area contributed by atoms with E-state index in [0.29, 0.717) is 17.2 Å². The van der Waals surface area contributed by atoms with Crippen molar-refractivity contribution in [3.05, 3.63) is 53.5 Å². The highest BCUT2D eigenvalue weighted by Gasteiger charge is 2.34. The Morgan fingerprint density at radius 1 is 1.26 bits per heavy atom. The SMILES string of the molecule is Cn1cc(C2CCN(C(=O)c3conc3C3CCCO3)C2)c2ccccc21. The van der Waals surface area contributed by atoms with Gasteiger partial charge in [-0.05, 0) is 30.9 Å². The molecule has 27 heavy (non-hydrogen) atoms. The minimum absolute atomic E-state index is 0.00415. The summed E-state index contributed by atoms with van der Waals surface area (Å²) < 4.78 is 13.0. The van der Waals surface area contributed by atoms with Crippen molar-refractivity contribution in [3.63, 3.8) is 0 Å². The molecule has 2 aromatic heterocycles. The van der Waals surface area contributed by atoms with Crippen molar-refractivity contribution >= 4 is 16.8 Å². The number of carbonyl (C=O) groups is 1. The van der Waals surface area contributed by atoms with Crippen LogP contribution in [0.4, 0.5) is 0 Å². The third-order valence-electron chi connectivity index (χ3n) is 5.91. The van der Waals surface area contributed by atoms with Gasteiger partial charge in [0.1, 0.15) is 23.6 Å². The number of para-hydroxylation sites is 1. The van der Waals surface area contributed by atoms with Gasteiger partial charge in [0.15, 0.2) is 0 Å². The molecule has 6 heteroatoms. The highest BCUT2D eigenvalue weighted by atomic mass is 16.5. The Morgan fingerprint density at radius 2 is 2.15 bits per heavy atom. The van der Waals surface area contributed by atoms with Gasteiger partial charge in [0.25, 0.3) is 5.91 Å². The molecule has 0 bridgehead atoms. The summed E-state index contributed by atoms with van der Waals surface area (Å²) in [6.45, 7) is 2.20. The molecular weight excluding hydrogens is 342 g/mol. The van der Waals surface area contributed by atoms with Crippen LogP contribution in [0.5, 0.6) is 0 Å². The quantitative estimate of drug-likeness (QED) is 0.711. The van der Waals surface area contributed by atoms with E-state index in [9.17, 15) is 4.79 Å². The molecule has 5 rings (SSSR count). The molecule has 0 spiro atoms. The predicted molar refractivity (Wildman–Crippen MR) is 101 cm³/mol. The van der Waals surface area contributed by atoms with Crippen molar-refractivity contribution in [1.29, 1.82) is 0 Å². The van der Waals surface area contributed by atoms with Crippen LogP contribution in [0.25, 0.3) is 10.9 Å². The number of hydrogen-bond acceptors (Lipinski definition) is 4. The molecule has 140 valence electrons. The molecule has 4 heterocycles. The zero-order chi connectivity index (χ0) is 18.4. The first-order valence-electron chi connectivity index (χ1n) is 9.61. The largest absolute Gasteiger partial charge is 0.372 e. The van der Waals surface area contributed by atoms with Gasteiger partial charge in [0.2, 0.25) is 0 Å². The Bertz CT molecular complexity index is 984. The number of benzene rings is 1. The van der Waals surface area contributed by atoms with Crippen LogP contribution in [0.3, 0.4) is 0 Å². The van der Waals surface area contributed by atoms with Crippen LogP contribution in [0.1, 0.15) is 52.9 Å². The smallest absolute Gasteiger partial charge is 0.259 e. The number of fused-ring (bicyclic) bond motifs is 1. The van der Waals surface area contributed by atoms with Gasteiger partial charge in [-0.2, -0.15) is 0 Å². The number of aryl methyl sites for hydroxylation is 1. The number of amides is 1. The van der Waals surface area contributed by atoms with Crippen LogP contribution in [0.15, 0.2) is 41.2 Å². The number of aromatic nitrogens is 2. The Hall–Kier alpha value is -2.60. The lowest BCUT2D eigenvalue weighted by Crippen LogP contribution is -2.29. The molecule has 0 radical (unpaired) electrons. The fourth-order valence-corrected chi connectivity index (χ4v) is 4.50. The van der Waals surface area contributed by atoms with Crippen LogP contribution in [0.2, 0.25) is 0 Å².